The molecule has 1 unspecified atom stereocenters. The van der Waals surface area contributed by atoms with E-state index in [4.69, 9.17) is 5.73 Å². The molecule has 0 bridgehead atoms. The number of benzene rings is 2. The van der Waals surface area contributed by atoms with Crippen molar-refractivity contribution in [3.05, 3.63) is 70.0 Å². The Morgan fingerprint density at radius 3 is 2.00 bits per heavy atom. The van der Waals surface area contributed by atoms with Crippen molar-refractivity contribution in [2.75, 3.05) is 0 Å². The molecule has 20 heavy (non-hydrogen) atoms. The van der Waals surface area contributed by atoms with Crippen molar-refractivity contribution in [2.45, 2.75) is 13.0 Å². The summed E-state index contributed by atoms with van der Waals surface area (Å²) in [6, 6.07) is 1.67. The van der Waals surface area contributed by atoms with Crippen LogP contribution >= 0.6 is 0 Å². The number of nitrogens with two attached hydrogens (primary N) is 1. The molecule has 0 fully saturated rings. The SMILES string of the molecule is Cc1ccc(C(N)c2c(F)cc(F)cc2F)c(F)c1F. The van der Waals surface area contributed by atoms with Crippen molar-refractivity contribution in [3.8, 4) is 0 Å². The van der Waals surface area contributed by atoms with Crippen molar-refractivity contribution in [1.82, 2.24) is 0 Å². The van der Waals surface area contributed by atoms with Gasteiger partial charge in [-0.1, -0.05) is 12.1 Å². The minimum Gasteiger partial charge on any atom is -0.320 e. The molecule has 2 aromatic carbocycles. The first-order chi connectivity index (χ1) is 9.32. The molecular weight excluding hydrogens is 277 g/mol. The summed E-state index contributed by atoms with van der Waals surface area (Å²) < 4.78 is 67.2. The van der Waals surface area contributed by atoms with Gasteiger partial charge in [0.2, 0.25) is 0 Å². The van der Waals surface area contributed by atoms with Gasteiger partial charge in [0.25, 0.3) is 0 Å². The predicted molar refractivity (Wildman–Crippen MR) is 63.4 cm³/mol. The van der Waals surface area contributed by atoms with Gasteiger partial charge in [-0.05, 0) is 12.5 Å². The van der Waals surface area contributed by atoms with Gasteiger partial charge in [-0.25, -0.2) is 22.0 Å². The van der Waals surface area contributed by atoms with Crippen LogP contribution in [-0.4, -0.2) is 0 Å². The van der Waals surface area contributed by atoms with Crippen LogP contribution in [0.15, 0.2) is 24.3 Å². The van der Waals surface area contributed by atoms with Crippen molar-refractivity contribution in [3.63, 3.8) is 0 Å². The highest BCUT2D eigenvalue weighted by atomic mass is 19.2. The lowest BCUT2D eigenvalue weighted by Gasteiger charge is -2.16. The van der Waals surface area contributed by atoms with Crippen LogP contribution in [0.25, 0.3) is 0 Å². The summed E-state index contributed by atoms with van der Waals surface area (Å²) in [5, 5.41) is 0. The monoisotopic (exact) mass is 287 g/mol. The van der Waals surface area contributed by atoms with Gasteiger partial charge in [-0.15, -0.1) is 0 Å². The summed E-state index contributed by atoms with van der Waals surface area (Å²) in [5.41, 5.74) is 4.50. The van der Waals surface area contributed by atoms with Crippen LogP contribution < -0.4 is 5.73 Å². The van der Waals surface area contributed by atoms with E-state index >= 15 is 0 Å². The summed E-state index contributed by atoms with van der Waals surface area (Å²) in [6.45, 7) is 1.34. The van der Waals surface area contributed by atoms with Crippen LogP contribution in [0.1, 0.15) is 22.7 Å². The number of rotatable bonds is 2. The third-order valence-corrected chi connectivity index (χ3v) is 3.00. The van der Waals surface area contributed by atoms with Gasteiger partial charge in [-0.2, -0.15) is 0 Å². The van der Waals surface area contributed by atoms with E-state index in [1.54, 1.807) is 0 Å². The Kier molecular flexibility index (Phi) is 3.76. The highest BCUT2D eigenvalue weighted by Gasteiger charge is 2.24. The molecule has 2 rings (SSSR count). The molecule has 0 amide bonds. The maximum Gasteiger partial charge on any atom is 0.164 e. The van der Waals surface area contributed by atoms with Gasteiger partial charge in [0.15, 0.2) is 11.6 Å². The molecule has 2 N–H and O–H groups in total. The van der Waals surface area contributed by atoms with Gasteiger partial charge < -0.3 is 5.73 Å². The van der Waals surface area contributed by atoms with Crippen LogP contribution in [0.5, 0.6) is 0 Å². The lowest BCUT2D eigenvalue weighted by atomic mass is 9.96. The third-order valence-electron chi connectivity index (χ3n) is 3.00. The summed E-state index contributed by atoms with van der Waals surface area (Å²) in [5.74, 6) is -6.04. The Morgan fingerprint density at radius 1 is 0.900 bits per heavy atom. The second kappa shape index (κ2) is 5.20. The molecular formula is C14H10F5N. The first-order valence-corrected chi connectivity index (χ1v) is 5.67. The van der Waals surface area contributed by atoms with Crippen molar-refractivity contribution in [1.29, 1.82) is 0 Å². The quantitative estimate of drug-likeness (QED) is 0.837. The van der Waals surface area contributed by atoms with E-state index in [2.05, 4.69) is 0 Å². The Hall–Kier alpha value is -1.95. The minimum atomic E-state index is -1.58. The number of halogens is 5. The van der Waals surface area contributed by atoms with E-state index in [1.807, 2.05) is 0 Å². The van der Waals surface area contributed by atoms with Crippen LogP contribution in [0.3, 0.4) is 0 Å². The molecule has 0 aliphatic carbocycles. The van der Waals surface area contributed by atoms with E-state index in [1.165, 1.54) is 13.0 Å². The zero-order chi connectivity index (χ0) is 15.0. The number of aryl methyl sites for hydroxylation is 1. The normalized spacial score (nSPS) is 12.6. The van der Waals surface area contributed by atoms with E-state index < -0.39 is 46.3 Å². The topological polar surface area (TPSA) is 26.0 Å². The molecule has 6 heteroatoms. The van der Waals surface area contributed by atoms with E-state index in [0.717, 1.165) is 6.07 Å². The molecule has 0 spiro atoms. The van der Waals surface area contributed by atoms with Crippen LogP contribution in [0, 0.1) is 36.0 Å². The standard InChI is InChI=1S/C14H10F5N/c1-6-2-3-8(13(19)12(6)18)14(20)11-9(16)4-7(15)5-10(11)17/h2-5,14H,20H2,1H3. The molecule has 0 aliphatic rings. The fourth-order valence-corrected chi connectivity index (χ4v) is 1.91. The summed E-state index contributed by atoms with van der Waals surface area (Å²) in [7, 11) is 0. The van der Waals surface area contributed by atoms with Gasteiger partial charge in [0.05, 0.1) is 6.04 Å². The average molecular weight is 287 g/mol. The summed E-state index contributed by atoms with van der Waals surface area (Å²) >= 11 is 0. The van der Waals surface area contributed by atoms with Crippen molar-refractivity contribution in [2.24, 2.45) is 5.73 Å². The van der Waals surface area contributed by atoms with Gasteiger partial charge >= 0.3 is 0 Å². The highest BCUT2D eigenvalue weighted by molar-refractivity contribution is 5.36. The first kappa shape index (κ1) is 14.5. The zero-order valence-corrected chi connectivity index (χ0v) is 10.4. The fourth-order valence-electron chi connectivity index (χ4n) is 1.91. The lowest BCUT2D eigenvalue weighted by molar-refractivity contribution is 0.479. The van der Waals surface area contributed by atoms with Crippen LogP contribution in [0.4, 0.5) is 22.0 Å². The Morgan fingerprint density at radius 2 is 1.45 bits per heavy atom. The highest BCUT2D eigenvalue weighted by Crippen LogP contribution is 2.29. The van der Waals surface area contributed by atoms with Gasteiger partial charge in [0.1, 0.15) is 17.5 Å². The fraction of sp³-hybridized carbons (Fsp3) is 0.143. The second-order valence-corrected chi connectivity index (χ2v) is 4.36. The predicted octanol–water partition coefficient (Wildman–Crippen LogP) is 3.74. The summed E-state index contributed by atoms with van der Waals surface area (Å²) in [6.07, 6.45) is 0. The molecule has 106 valence electrons. The summed E-state index contributed by atoms with van der Waals surface area (Å²) in [4.78, 5) is 0. The van der Waals surface area contributed by atoms with E-state index in [-0.39, 0.29) is 5.56 Å². The molecule has 2 aromatic rings. The largest absolute Gasteiger partial charge is 0.320 e. The van der Waals surface area contributed by atoms with E-state index in [0.29, 0.717) is 12.1 Å². The lowest BCUT2D eigenvalue weighted by Crippen LogP contribution is -2.18. The maximum atomic E-state index is 13.8. The first-order valence-electron chi connectivity index (χ1n) is 5.67. The van der Waals surface area contributed by atoms with Crippen LogP contribution in [-0.2, 0) is 0 Å². The molecule has 0 heterocycles. The van der Waals surface area contributed by atoms with Crippen LogP contribution in [0.2, 0.25) is 0 Å². The Balaban J connectivity index is 2.58. The second-order valence-electron chi connectivity index (χ2n) is 4.36. The zero-order valence-electron chi connectivity index (χ0n) is 10.4. The molecule has 0 aliphatic heterocycles. The smallest absolute Gasteiger partial charge is 0.164 e. The Bertz CT molecular complexity index is 646. The third kappa shape index (κ3) is 2.38. The molecule has 1 atom stereocenters. The van der Waals surface area contributed by atoms with Crippen molar-refractivity contribution >= 4 is 0 Å². The molecule has 0 aromatic heterocycles. The van der Waals surface area contributed by atoms with Gasteiger partial charge in [0, 0.05) is 23.3 Å². The maximum absolute atomic E-state index is 13.8. The number of hydrogen-bond donors (Lipinski definition) is 1. The molecule has 0 saturated carbocycles. The van der Waals surface area contributed by atoms with Crippen molar-refractivity contribution < 1.29 is 22.0 Å². The molecule has 1 nitrogen and oxygen atoms in total. The number of hydrogen-bond acceptors (Lipinski definition) is 1. The van der Waals surface area contributed by atoms with Gasteiger partial charge in [-0.3, -0.25) is 0 Å². The van der Waals surface area contributed by atoms with E-state index in [9.17, 15) is 22.0 Å². The molecule has 0 saturated heterocycles. The molecule has 0 radical (unpaired) electrons. The minimum absolute atomic E-state index is 0.0403. The Labute approximate surface area is 111 Å². The average Bonchev–Trinajstić information content (AvgIpc) is 2.34.